The fourth-order valence-electron chi connectivity index (χ4n) is 3.60. The lowest BCUT2D eigenvalue weighted by molar-refractivity contribution is 0.0931. The number of carbonyl (C=O) groups is 1. The molecule has 6 nitrogen and oxygen atoms in total. The Morgan fingerprint density at radius 2 is 2.12 bits per heavy atom. The number of ether oxygens (including phenoxy) is 1. The van der Waals surface area contributed by atoms with E-state index in [0.29, 0.717) is 41.2 Å². The molecule has 1 N–H and O–H groups in total. The molecular weight excluding hydrogens is 330 g/mol. The quantitative estimate of drug-likeness (QED) is 0.736. The molecule has 1 aromatic carbocycles. The van der Waals surface area contributed by atoms with Gasteiger partial charge in [0.25, 0.3) is 11.5 Å². The number of fused-ring (bicyclic) bond motifs is 2. The maximum Gasteiger partial charge on any atom is 0.265 e. The zero-order valence-corrected chi connectivity index (χ0v) is 14.3. The fraction of sp³-hybridized carbons (Fsp3) is 0.350. The summed E-state index contributed by atoms with van der Waals surface area (Å²) >= 11 is 0. The lowest BCUT2D eigenvalue weighted by Crippen LogP contribution is -2.35. The second-order valence-corrected chi connectivity index (χ2v) is 7.12. The zero-order valence-electron chi connectivity index (χ0n) is 14.3. The number of pyridine rings is 1. The molecule has 0 radical (unpaired) electrons. The van der Waals surface area contributed by atoms with Crippen LogP contribution in [0.15, 0.2) is 41.3 Å². The van der Waals surface area contributed by atoms with E-state index in [0.717, 1.165) is 6.42 Å². The molecule has 0 bridgehead atoms. The van der Waals surface area contributed by atoms with E-state index >= 15 is 0 Å². The van der Waals surface area contributed by atoms with E-state index in [4.69, 9.17) is 4.74 Å². The Morgan fingerprint density at radius 3 is 2.88 bits per heavy atom. The molecule has 2 aliphatic rings. The van der Waals surface area contributed by atoms with Crippen molar-refractivity contribution >= 4 is 22.5 Å². The van der Waals surface area contributed by atoms with Crippen LogP contribution < -0.4 is 10.9 Å². The molecule has 1 amide bonds. The number of hydrogen-bond acceptors (Lipinski definition) is 4. The molecule has 2 aromatic heterocycles. The Hall–Kier alpha value is -2.73. The number of hydrogen-bond donors (Lipinski definition) is 1. The third-order valence-corrected chi connectivity index (χ3v) is 5.22. The summed E-state index contributed by atoms with van der Waals surface area (Å²) in [5.41, 5.74) is 2.49. The Labute approximate surface area is 149 Å². The van der Waals surface area contributed by atoms with Gasteiger partial charge in [-0.05, 0) is 55.0 Å². The lowest BCUT2D eigenvalue weighted by atomic mass is 10.1. The molecule has 1 aliphatic carbocycles. The highest BCUT2D eigenvalue weighted by molar-refractivity contribution is 6.00. The molecule has 1 unspecified atom stereocenters. The van der Waals surface area contributed by atoms with Crippen LogP contribution >= 0.6 is 0 Å². The zero-order chi connectivity index (χ0) is 17.7. The molecule has 0 spiro atoms. The van der Waals surface area contributed by atoms with Gasteiger partial charge in [-0.15, -0.1) is 0 Å². The van der Waals surface area contributed by atoms with E-state index < -0.39 is 0 Å². The monoisotopic (exact) mass is 349 g/mol. The molecule has 1 atom stereocenters. The topological polar surface area (TPSA) is 72.7 Å². The SMILES string of the molecule is O=C(NC1CCOC1)c1cccn2c(=O)c3cc(C4CC4)ccc3nc12. The molecule has 1 saturated heterocycles. The van der Waals surface area contributed by atoms with Crippen LogP contribution in [0.25, 0.3) is 16.6 Å². The summed E-state index contributed by atoms with van der Waals surface area (Å²) in [6.07, 6.45) is 4.84. The summed E-state index contributed by atoms with van der Waals surface area (Å²) in [6.45, 7) is 1.18. The van der Waals surface area contributed by atoms with Gasteiger partial charge in [-0.1, -0.05) is 6.07 Å². The molecule has 6 heteroatoms. The maximum atomic E-state index is 13.0. The number of aromatic nitrogens is 2. The number of carbonyl (C=O) groups excluding carboxylic acids is 1. The molecule has 26 heavy (non-hydrogen) atoms. The maximum absolute atomic E-state index is 13.0. The van der Waals surface area contributed by atoms with Gasteiger partial charge in [0, 0.05) is 12.8 Å². The van der Waals surface area contributed by atoms with E-state index in [1.54, 1.807) is 18.3 Å². The normalized spacial score (nSPS) is 19.9. The van der Waals surface area contributed by atoms with Crippen LogP contribution in [0.4, 0.5) is 0 Å². The average Bonchev–Trinajstić information content (AvgIpc) is 3.39. The first kappa shape index (κ1) is 15.5. The van der Waals surface area contributed by atoms with Gasteiger partial charge in [0.2, 0.25) is 0 Å². The van der Waals surface area contributed by atoms with Crippen LogP contribution in [0, 0.1) is 0 Å². The highest BCUT2D eigenvalue weighted by Crippen LogP contribution is 2.40. The first-order valence-corrected chi connectivity index (χ1v) is 9.04. The van der Waals surface area contributed by atoms with Gasteiger partial charge >= 0.3 is 0 Å². The Bertz CT molecular complexity index is 1080. The number of amides is 1. The molecule has 3 aromatic rings. The molecule has 5 rings (SSSR count). The second-order valence-electron chi connectivity index (χ2n) is 7.12. The highest BCUT2D eigenvalue weighted by atomic mass is 16.5. The summed E-state index contributed by atoms with van der Waals surface area (Å²) in [5, 5.41) is 3.57. The molecule has 132 valence electrons. The van der Waals surface area contributed by atoms with Crippen LogP contribution in [0.2, 0.25) is 0 Å². The Balaban J connectivity index is 1.63. The van der Waals surface area contributed by atoms with Crippen molar-refractivity contribution in [3.8, 4) is 0 Å². The predicted molar refractivity (Wildman–Crippen MR) is 97.6 cm³/mol. The van der Waals surface area contributed by atoms with Crippen LogP contribution in [0.5, 0.6) is 0 Å². The lowest BCUT2D eigenvalue weighted by Gasteiger charge is -2.12. The first-order valence-electron chi connectivity index (χ1n) is 9.04. The third kappa shape index (κ3) is 2.57. The average molecular weight is 349 g/mol. The molecular formula is C20H19N3O3. The highest BCUT2D eigenvalue weighted by Gasteiger charge is 2.24. The van der Waals surface area contributed by atoms with Crippen molar-refractivity contribution in [2.45, 2.75) is 31.2 Å². The minimum absolute atomic E-state index is 0.0102. The Kier molecular flexibility index (Phi) is 3.53. The predicted octanol–water partition coefficient (Wildman–Crippen LogP) is 2.24. The van der Waals surface area contributed by atoms with Gasteiger partial charge < -0.3 is 10.1 Å². The number of rotatable bonds is 3. The summed E-state index contributed by atoms with van der Waals surface area (Å²) < 4.78 is 6.78. The van der Waals surface area contributed by atoms with E-state index in [1.165, 1.54) is 22.8 Å². The van der Waals surface area contributed by atoms with E-state index in [-0.39, 0.29) is 17.5 Å². The van der Waals surface area contributed by atoms with Crippen molar-refractivity contribution < 1.29 is 9.53 Å². The van der Waals surface area contributed by atoms with Crippen LogP contribution in [-0.4, -0.2) is 34.5 Å². The third-order valence-electron chi connectivity index (χ3n) is 5.22. The molecule has 3 heterocycles. The van der Waals surface area contributed by atoms with Crippen molar-refractivity contribution in [3.63, 3.8) is 0 Å². The van der Waals surface area contributed by atoms with Gasteiger partial charge in [-0.25, -0.2) is 4.98 Å². The summed E-state index contributed by atoms with van der Waals surface area (Å²) in [5.74, 6) is 0.352. The summed E-state index contributed by atoms with van der Waals surface area (Å²) in [6, 6.07) is 9.32. The molecule has 2 fully saturated rings. The number of nitrogens with one attached hydrogen (secondary N) is 1. The van der Waals surface area contributed by atoms with Crippen LogP contribution in [0.3, 0.4) is 0 Å². The molecule has 1 aliphatic heterocycles. The fourth-order valence-corrected chi connectivity index (χ4v) is 3.60. The standard InChI is InChI=1S/C20H19N3O3/c24-19(21-14-7-9-26-11-14)15-2-1-8-23-18(15)22-17-6-5-13(12-3-4-12)10-16(17)20(23)25/h1-2,5-6,8,10,12,14H,3-4,7,9,11H2,(H,21,24). The van der Waals surface area contributed by atoms with Crippen molar-refractivity contribution in [3.05, 3.63) is 58.0 Å². The van der Waals surface area contributed by atoms with Crippen molar-refractivity contribution in [1.82, 2.24) is 14.7 Å². The summed E-state index contributed by atoms with van der Waals surface area (Å²) in [7, 11) is 0. The van der Waals surface area contributed by atoms with E-state index in [1.807, 2.05) is 18.2 Å². The molecule has 1 saturated carbocycles. The van der Waals surface area contributed by atoms with Gasteiger partial charge in [-0.3, -0.25) is 14.0 Å². The minimum atomic E-state index is -0.223. The second kappa shape index (κ2) is 5.92. The smallest absolute Gasteiger partial charge is 0.265 e. The van der Waals surface area contributed by atoms with Crippen LogP contribution in [0.1, 0.15) is 41.1 Å². The minimum Gasteiger partial charge on any atom is -0.379 e. The van der Waals surface area contributed by atoms with Crippen molar-refractivity contribution in [2.75, 3.05) is 13.2 Å². The van der Waals surface area contributed by atoms with Gasteiger partial charge in [-0.2, -0.15) is 0 Å². The summed E-state index contributed by atoms with van der Waals surface area (Å²) in [4.78, 5) is 30.3. The number of nitrogens with zero attached hydrogens (tertiary/aromatic N) is 2. The largest absolute Gasteiger partial charge is 0.379 e. The number of benzene rings is 1. The van der Waals surface area contributed by atoms with Crippen LogP contribution in [-0.2, 0) is 4.74 Å². The van der Waals surface area contributed by atoms with Crippen molar-refractivity contribution in [2.24, 2.45) is 0 Å². The van der Waals surface area contributed by atoms with Gasteiger partial charge in [0.1, 0.15) is 0 Å². The van der Waals surface area contributed by atoms with E-state index in [2.05, 4.69) is 10.3 Å². The van der Waals surface area contributed by atoms with Gasteiger partial charge in [0.15, 0.2) is 5.65 Å². The first-order chi connectivity index (χ1) is 12.7. The Morgan fingerprint density at radius 1 is 1.23 bits per heavy atom. The van der Waals surface area contributed by atoms with Crippen molar-refractivity contribution in [1.29, 1.82) is 0 Å². The van der Waals surface area contributed by atoms with E-state index in [9.17, 15) is 9.59 Å². The van der Waals surface area contributed by atoms with Gasteiger partial charge in [0.05, 0.1) is 29.1 Å².